The largest absolute Gasteiger partial charge is 0.468 e. The second kappa shape index (κ2) is 7.07. The molecule has 0 saturated carbocycles. The minimum atomic E-state index is -0.854. The molecular formula is C13H26N2O3. The maximum absolute atomic E-state index is 11.4. The molecule has 5 nitrogen and oxygen atoms in total. The van der Waals surface area contributed by atoms with Crippen molar-refractivity contribution < 1.29 is 14.3 Å². The van der Waals surface area contributed by atoms with E-state index in [9.17, 15) is 4.79 Å². The van der Waals surface area contributed by atoms with Crippen molar-refractivity contribution in [3.8, 4) is 0 Å². The molecule has 1 saturated heterocycles. The molecule has 0 aliphatic carbocycles. The Morgan fingerprint density at radius 3 is 2.89 bits per heavy atom. The van der Waals surface area contributed by atoms with Crippen LogP contribution in [0.25, 0.3) is 0 Å². The average Bonchev–Trinajstić information content (AvgIpc) is 2.33. The zero-order chi connectivity index (χ0) is 13.6. The molecular weight excluding hydrogens is 232 g/mol. The van der Waals surface area contributed by atoms with Gasteiger partial charge in [0.1, 0.15) is 5.54 Å². The maximum atomic E-state index is 11.4. The summed E-state index contributed by atoms with van der Waals surface area (Å²) in [7, 11) is 1.38. The van der Waals surface area contributed by atoms with E-state index < -0.39 is 5.54 Å². The number of carbonyl (C=O) groups excluding carboxylic acids is 1. The molecule has 2 N–H and O–H groups in total. The van der Waals surface area contributed by atoms with E-state index in [-0.39, 0.29) is 5.97 Å². The summed E-state index contributed by atoms with van der Waals surface area (Å²) >= 11 is 0. The van der Waals surface area contributed by atoms with Crippen LogP contribution in [0.4, 0.5) is 0 Å². The molecule has 0 aromatic carbocycles. The summed E-state index contributed by atoms with van der Waals surface area (Å²) in [5, 5.41) is 0. The van der Waals surface area contributed by atoms with Crippen LogP contribution in [-0.4, -0.2) is 55.9 Å². The van der Waals surface area contributed by atoms with Crippen LogP contribution in [0.2, 0.25) is 0 Å². The van der Waals surface area contributed by atoms with Gasteiger partial charge in [0.2, 0.25) is 0 Å². The summed E-state index contributed by atoms with van der Waals surface area (Å²) in [5.74, 6) is -0.331. The van der Waals surface area contributed by atoms with Crippen LogP contribution in [0.5, 0.6) is 0 Å². The molecule has 2 atom stereocenters. The van der Waals surface area contributed by atoms with E-state index in [0.29, 0.717) is 12.5 Å². The van der Waals surface area contributed by atoms with Crippen molar-refractivity contribution in [1.82, 2.24) is 4.90 Å². The van der Waals surface area contributed by atoms with Crippen molar-refractivity contribution in [3.05, 3.63) is 0 Å². The van der Waals surface area contributed by atoms with E-state index in [1.165, 1.54) is 7.11 Å². The Balaban J connectivity index is 2.16. The van der Waals surface area contributed by atoms with Gasteiger partial charge in [0.15, 0.2) is 0 Å². The maximum Gasteiger partial charge on any atom is 0.325 e. The van der Waals surface area contributed by atoms with Crippen LogP contribution < -0.4 is 5.73 Å². The summed E-state index contributed by atoms with van der Waals surface area (Å²) < 4.78 is 10.2. The lowest BCUT2D eigenvalue weighted by Gasteiger charge is -2.31. The Labute approximate surface area is 110 Å². The van der Waals surface area contributed by atoms with Crippen molar-refractivity contribution in [3.63, 3.8) is 0 Å². The summed E-state index contributed by atoms with van der Waals surface area (Å²) in [5.41, 5.74) is 5.05. The number of carbonyl (C=O) groups is 1. The lowest BCUT2D eigenvalue weighted by Crippen LogP contribution is -2.46. The highest BCUT2D eigenvalue weighted by molar-refractivity contribution is 5.79. The Morgan fingerprint density at radius 1 is 1.56 bits per heavy atom. The minimum absolute atomic E-state index is 0.327. The number of unbranched alkanes of at least 4 members (excludes halogenated alkanes) is 1. The van der Waals surface area contributed by atoms with Crippen molar-refractivity contribution in [2.45, 2.75) is 44.8 Å². The number of morpholine rings is 1. The second-order valence-electron chi connectivity index (χ2n) is 5.35. The fourth-order valence-electron chi connectivity index (χ4n) is 2.26. The van der Waals surface area contributed by atoms with Gasteiger partial charge in [-0.05, 0) is 39.7 Å². The first-order valence-electron chi connectivity index (χ1n) is 6.67. The van der Waals surface area contributed by atoms with Gasteiger partial charge in [-0.2, -0.15) is 0 Å². The fraction of sp³-hybridized carbons (Fsp3) is 0.923. The van der Waals surface area contributed by atoms with E-state index in [1.54, 1.807) is 6.92 Å². The minimum Gasteiger partial charge on any atom is -0.468 e. The van der Waals surface area contributed by atoms with Gasteiger partial charge in [-0.15, -0.1) is 0 Å². The van der Waals surface area contributed by atoms with Gasteiger partial charge in [0, 0.05) is 13.1 Å². The molecule has 0 aromatic heterocycles. The highest BCUT2D eigenvalue weighted by atomic mass is 16.5. The molecule has 0 amide bonds. The number of ether oxygens (including phenoxy) is 2. The van der Waals surface area contributed by atoms with Crippen molar-refractivity contribution in [2.75, 3.05) is 33.4 Å². The molecule has 0 spiro atoms. The van der Waals surface area contributed by atoms with Crippen molar-refractivity contribution >= 4 is 5.97 Å². The molecule has 1 rings (SSSR count). The zero-order valence-electron chi connectivity index (χ0n) is 11.8. The van der Waals surface area contributed by atoms with Gasteiger partial charge in [0.25, 0.3) is 0 Å². The standard InChI is InChI=1S/C13H26N2O3/c1-11-10-15(8-9-18-11)7-5-4-6-13(2,14)12(16)17-3/h11H,4-10,14H2,1-3H3. The van der Waals surface area contributed by atoms with Crippen LogP contribution in [0.1, 0.15) is 33.1 Å². The first kappa shape index (κ1) is 15.4. The van der Waals surface area contributed by atoms with Gasteiger partial charge in [-0.3, -0.25) is 9.69 Å². The summed E-state index contributed by atoms with van der Waals surface area (Å²) in [4.78, 5) is 13.8. The Bertz CT molecular complexity index is 269. The topological polar surface area (TPSA) is 64.8 Å². The monoisotopic (exact) mass is 258 g/mol. The number of nitrogens with two attached hydrogens (primary N) is 1. The predicted octanol–water partition coefficient (Wildman–Crippen LogP) is 0.768. The Kier molecular flexibility index (Phi) is 6.05. The van der Waals surface area contributed by atoms with Gasteiger partial charge in [0.05, 0.1) is 19.8 Å². The number of rotatable bonds is 6. The number of hydrogen-bond donors (Lipinski definition) is 1. The Hall–Kier alpha value is -0.650. The highest BCUT2D eigenvalue weighted by Crippen LogP contribution is 2.13. The zero-order valence-corrected chi connectivity index (χ0v) is 11.8. The third-order valence-electron chi connectivity index (χ3n) is 3.40. The number of nitrogens with zero attached hydrogens (tertiary/aromatic N) is 1. The van der Waals surface area contributed by atoms with Gasteiger partial charge < -0.3 is 15.2 Å². The lowest BCUT2D eigenvalue weighted by molar-refractivity contribution is -0.146. The quantitative estimate of drug-likeness (QED) is 0.563. The van der Waals surface area contributed by atoms with E-state index in [4.69, 9.17) is 10.5 Å². The molecule has 0 bridgehead atoms. The highest BCUT2D eigenvalue weighted by Gasteiger charge is 2.28. The van der Waals surface area contributed by atoms with Crippen molar-refractivity contribution in [1.29, 1.82) is 0 Å². The van der Waals surface area contributed by atoms with Gasteiger partial charge in [-0.1, -0.05) is 0 Å². The molecule has 0 aromatic rings. The molecule has 1 aliphatic heterocycles. The van der Waals surface area contributed by atoms with Crippen molar-refractivity contribution in [2.24, 2.45) is 5.73 Å². The molecule has 106 valence electrons. The van der Waals surface area contributed by atoms with Gasteiger partial charge in [-0.25, -0.2) is 0 Å². The molecule has 1 aliphatic rings. The Morgan fingerprint density at radius 2 is 2.28 bits per heavy atom. The summed E-state index contributed by atoms with van der Waals surface area (Å²) in [6.45, 7) is 7.69. The third-order valence-corrected chi connectivity index (χ3v) is 3.40. The molecule has 2 unspecified atom stereocenters. The molecule has 0 radical (unpaired) electrons. The summed E-state index contributed by atoms with van der Waals surface area (Å²) in [6, 6.07) is 0. The summed E-state index contributed by atoms with van der Waals surface area (Å²) in [6.07, 6.45) is 2.98. The van der Waals surface area contributed by atoms with Crippen LogP contribution in [0.15, 0.2) is 0 Å². The fourth-order valence-corrected chi connectivity index (χ4v) is 2.26. The lowest BCUT2D eigenvalue weighted by atomic mass is 9.96. The first-order chi connectivity index (χ1) is 8.45. The van der Waals surface area contributed by atoms with E-state index in [2.05, 4.69) is 16.6 Å². The SMILES string of the molecule is COC(=O)C(C)(N)CCCCN1CCOC(C)C1. The van der Waals surface area contributed by atoms with E-state index >= 15 is 0 Å². The molecule has 1 fully saturated rings. The molecule has 5 heteroatoms. The van der Waals surface area contributed by atoms with Crippen LogP contribution in [0.3, 0.4) is 0 Å². The number of hydrogen-bond acceptors (Lipinski definition) is 5. The van der Waals surface area contributed by atoms with E-state index in [1.807, 2.05) is 0 Å². The number of methoxy groups -OCH3 is 1. The van der Waals surface area contributed by atoms with Crippen LogP contribution in [-0.2, 0) is 14.3 Å². The van der Waals surface area contributed by atoms with E-state index in [0.717, 1.165) is 39.1 Å². The van der Waals surface area contributed by atoms with Gasteiger partial charge >= 0.3 is 5.97 Å². The second-order valence-corrected chi connectivity index (χ2v) is 5.35. The smallest absolute Gasteiger partial charge is 0.325 e. The normalized spacial score (nSPS) is 24.6. The predicted molar refractivity (Wildman–Crippen MR) is 70.3 cm³/mol. The van der Waals surface area contributed by atoms with Crippen LogP contribution >= 0.6 is 0 Å². The molecule has 1 heterocycles. The number of esters is 1. The molecule has 18 heavy (non-hydrogen) atoms. The van der Waals surface area contributed by atoms with Crippen LogP contribution in [0, 0.1) is 0 Å². The first-order valence-corrected chi connectivity index (χ1v) is 6.67. The average molecular weight is 258 g/mol. The third kappa shape index (κ3) is 4.92.